The first kappa shape index (κ1) is 34.0. The van der Waals surface area contributed by atoms with Crippen LogP contribution in [-0.2, 0) is 48.3 Å². The fourth-order valence-corrected chi connectivity index (χ4v) is 6.91. The molecule has 0 radical (unpaired) electrons. The van der Waals surface area contributed by atoms with E-state index in [1.807, 2.05) is 24.3 Å². The zero-order valence-electron chi connectivity index (χ0n) is 28.3. The molecule has 5 rings (SSSR count). The first-order chi connectivity index (χ1) is 21.7. The molecule has 1 aliphatic carbocycles. The summed E-state index contributed by atoms with van der Waals surface area (Å²) in [6.07, 6.45) is 1.81. The van der Waals surface area contributed by atoms with Crippen LogP contribution in [0.4, 0.5) is 0 Å². The molecule has 0 fully saturated rings. The van der Waals surface area contributed by atoms with Crippen LogP contribution in [0.15, 0.2) is 48.5 Å². The van der Waals surface area contributed by atoms with Crippen molar-refractivity contribution in [1.82, 2.24) is 0 Å². The van der Waals surface area contributed by atoms with E-state index >= 15 is 0 Å². The summed E-state index contributed by atoms with van der Waals surface area (Å²) in [6.45, 7) is 13.1. The molecular weight excluding hydrogens is 615 g/mol. The van der Waals surface area contributed by atoms with Crippen molar-refractivity contribution in [1.29, 1.82) is 0 Å². The Morgan fingerprint density at radius 1 is 0.500 bits per heavy atom. The van der Waals surface area contributed by atoms with Crippen molar-refractivity contribution < 1.29 is 19.7 Å². The highest BCUT2D eigenvalue weighted by Crippen LogP contribution is 2.42. The van der Waals surface area contributed by atoms with Crippen LogP contribution in [0.3, 0.4) is 0 Å². The average Bonchev–Trinajstić information content (AvgIpc) is 2.99. The molecule has 0 saturated heterocycles. The largest absolute Gasteiger partial charge is 0.507 e. The molecule has 0 saturated carbocycles. The quantitative estimate of drug-likeness (QED) is 0.188. The number of benzene rings is 4. The Balaban J connectivity index is 1.88. The number of halogens is 2. The van der Waals surface area contributed by atoms with E-state index in [4.69, 9.17) is 32.7 Å². The molecule has 0 heterocycles. The second kappa shape index (κ2) is 13.0. The third-order valence-corrected chi connectivity index (χ3v) is 9.73. The summed E-state index contributed by atoms with van der Waals surface area (Å²) in [7, 11) is 3.37. The Morgan fingerprint density at radius 3 is 0.957 bits per heavy atom. The molecule has 46 heavy (non-hydrogen) atoms. The molecule has 2 N–H and O–H groups in total. The van der Waals surface area contributed by atoms with Crippen molar-refractivity contribution in [3.05, 3.63) is 115 Å². The van der Waals surface area contributed by atoms with Gasteiger partial charge in [-0.1, -0.05) is 90.1 Å². The van der Waals surface area contributed by atoms with Crippen LogP contribution < -0.4 is 9.47 Å². The Kier molecular flexibility index (Phi) is 9.64. The van der Waals surface area contributed by atoms with Gasteiger partial charge >= 0.3 is 0 Å². The van der Waals surface area contributed by atoms with Crippen LogP contribution >= 0.6 is 23.2 Å². The van der Waals surface area contributed by atoms with Gasteiger partial charge in [0.15, 0.2) is 0 Å². The third-order valence-electron chi connectivity index (χ3n) is 9.11. The van der Waals surface area contributed by atoms with Gasteiger partial charge in [-0.05, 0) is 77.6 Å². The van der Waals surface area contributed by atoms with Gasteiger partial charge in [0, 0.05) is 37.4 Å². The number of hydrogen-bond donors (Lipinski definition) is 2. The molecule has 6 heteroatoms. The van der Waals surface area contributed by atoms with Gasteiger partial charge in [0.2, 0.25) is 0 Å². The lowest BCUT2D eigenvalue weighted by atomic mass is 9.81. The molecule has 0 spiro atoms. The fraction of sp³-hybridized carbons (Fsp3) is 0.400. The summed E-state index contributed by atoms with van der Waals surface area (Å²) in [6, 6.07) is 16.7. The lowest BCUT2D eigenvalue weighted by Gasteiger charge is -2.26. The van der Waals surface area contributed by atoms with Crippen LogP contribution in [0.5, 0.6) is 23.0 Å². The molecule has 0 aromatic heterocycles. The number of ether oxygens (including phenoxy) is 2. The van der Waals surface area contributed by atoms with Crippen molar-refractivity contribution in [3.63, 3.8) is 0 Å². The SMILES string of the molecule is COc1c2cc(C(C)(C)C)cc1Cc1cc(CCl)cc(c1O)Cc1cc(C(C)(C)C)cc(c1OC)Cc1cc(CCl)cc(c1O)C2. The molecular formula is C40H46Cl2O4. The third kappa shape index (κ3) is 6.85. The number of aromatic hydroxyl groups is 2. The van der Waals surface area contributed by atoms with E-state index in [9.17, 15) is 10.2 Å². The number of hydrogen-bond acceptors (Lipinski definition) is 4. The smallest absolute Gasteiger partial charge is 0.125 e. The maximum Gasteiger partial charge on any atom is 0.125 e. The minimum atomic E-state index is -0.142. The molecule has 1 aliphatic rings. The van der Waals surface area contributed by atoms with E-state index in [0.29, 0.717) is 37.4 Å². The van der Waals surface area contributed by atoms with Gasteiger partial charge < -0.3 is 19.7 Å². The maximum absolute atomic E-state index is 11.9. The van der Waals surface area contributed by atoms with Gasteiger partial charge in [0.25, 0.3) is 0 Å². The number of fused-ring (bicyclic) bond motifs is 8. The van der Waals surface area contributed by atoms with Gasteiger partial charge in [-0.2, -0.15) is 0 Å². The molecule has 0 unspecified atom stereocenters. The Labute approximate surface area is 284 Å². The van der Waals surface area contributed by atoms with Crippen LogP contribution in [0, 0.1) is 0 Å². The number of phenolic OH excluding ortho intramolecular Hbond substituents is 2. The summed E-state index contributed by atoms with van der Waals surface area (Å²) < 4.78 is 12.2. The Morgan fingerprint density at radius 2 is 0.761 bits per heavy atom. The molecule has 0 aliphatic heterocycles. The topological polar surface area (TPSA) is 58.9 Å². The predicted octanol–water partition coefficient (Wildman–Crippen LogP) is 9.86. The van der Waals surface area contributed by atoms with Crippen molar-refractivity contribution in [3.8, 4) is 23.0 Å². The first-order valence-electron chi connectivity index (χ1n) is 15.9. The van der Waals surface area contributed by atoms with Crippen molar-refractivity contribution in [2.24, 2.45) is 0 Å². The van der Waals surface area contributed by atoms with E-state index in [-0.39, 0.29) is 22.3 Å². The normalized spacial score (nSPS) is 13.4. The van der Waals surface area contributed by atoms with Crippen molar-refractivity contribution >= 4 is 23.2 Å². The van der Waals surface area contributed by atoms with Crippen molar-refractivity contribution in [2.75, 3.05) is 14.2 Å². The minimum Gasteiger partial charge on any atom is -0.507 e. The summed E-state index contributed by atoms with van der Waals surface area (Å²) in [5, 5.41) is 23.7. The van der Waals surface area contributed by atoms with Gasteiger partial charge in [-0.3, -0.25) is 0 Å². The monoisotopic (exact) mass is 660 g/mol. The first-order valence-corrected chi connectivity index (χ1v) is 16.9. The van der Waals surface area contributed by atoms with Crippen LogP contribution in [0.2, 0.25) is 0 Å². The van der Waals surface area contributed by atoms with E-state index in [2.05, 4.69) is 65.8 Å². The van der Waals surface area contributed by atoms with Gasteiger partial charge in [-0.15, -0.1) is 23.2 Å². The maximum atomic E-state index is 11.9. The number of phenols is 2. The molecule has 4 nitrogen and oxygen atoms in total. The highest BCUT2D eigenvalue weighted by molar-refractivity contribution is 6.17. The Hall–Kier alpha value is -3.34. The van der Waals surface area contributed by atoms with Crippen LogP contribution in [-0.4, -0.2) is 24.4 Å². The van der Waals surface area contributed by atoms with Gasteiger partial charge in [-0.25, -0.2) is 0 Å². The van der Waals surface area contributed by atoms with Crippen LogP contribution in [0.25, 0.3) is 0 Å². The zero-order valence-corrected chi connectivity index (χ0v) is 29.8. The lowest BCUT2D eigenvalue weighted by molar-refractivity contribution is 0.403. The summed E-state index contributed by atoms with van der Waals surface area (Å²) >= 11 is 12.9. The summed E-state index contributed by atoms with van der Waals surface area (Å²) in [5.74, 6) is 2.65. The summed E-state index contributed by atoms with van der Waals surface area (Å²) in [4.78, 5) is 0. The number of methoxy groups -OCH3 is 2. The predicted molar refractivity (Wildman–Crippen MR) is 190 cm³/mol. The second-order valence-electron chi connectivity index (χ2n) is 14.7. The zero-order chi connectivity index (χ0) is 33.6. The molecule has 0 amide bonds. The number of alkyl halides is 2. The highest BCUT2D eigenvalue weighted by Gasteiger charge is 2.26. The van der Waals surface area contributed by atoms with E-state index < -0.39 is 0 Å². The standard InChI is InChI=1S/C40H46Cl2O4/c1-39(2,3)33-17-29-13-25-9-23(21-41)11-27(35(25)43)15-31-19-34(40(4,5)6)20-32(38(31)46-8)16-28-12-24(22-42)10-26(36(28)44)14-30(18-33)37(29)45-7/h9-12,17-20,43-44H,13-16,21-22H2,1-8H3. The van der Waals surface area contributed by atoms with Crippen molar-refractivity contribution in [2.45, 2.75) is 89.8 Å². The highest BCUT2D eigenvalue weighted by atomic mass is 35.5. The number of rotatable bonds is 4. The second-order valence-corrected chi connectivity index (χ2v) is 15.2. The molecule has 4 aromatic rings. The van der Waals surface area contributed by atoms with E-state index in [0.717, 1.165) is 78.3 Å². The minimum absolute atomic E-state index is 0.142. The molecule has 244 valence electrons. The lowest BCUT2D eigenvalue weighted by Crippen LogP contribution is -2.14. The van der Waals surface area contributed by atoms with Gasteiger partial charge in [0.1, 0.15) is 23.0 Å². The van der Waals surface area contributed by atoms with E-state index in [1.165, 1.54) is 0 Å². The molecule has 0 atom stereocenters. The van der Waals surface area contributed by atoms with E-state index in [1.54, 1.807) is 14.2 Å². The fourth-order valence-electron chi connectivity index (χ4n) is 6.60. The summed E-state index contributed by atoms with van der Waals surface area (Å²) in [5.41, 5.74) is 10.9. The average molecular weight is 662 g/mol. The van der Waals surface area contributed by atoms with Gasteiger partial charge in [0.05, 0.1) is 14.2 Å². The Bertz CT molecular complexity index is 1550. The van der Waals surface area contributed by atoms with Crippen LogP contribution in [0.1, 0.15) is 108 Å². The molecule has 8 bridgehead atoms. The molecule has 4 aromatic carbocycles.